The molecule has 0 bridgehead atoms. The fourth-order valence-corrected chi connectivity index (χ4v) is 3.41. The molecule has 1 N–H and O–H groups in total. The minimum atomic E-state index is -1.13. The van der Waals surface area contributed by atoms with Crippen molar-refractivity contribution in [2.75, 3.05) is 12.8 Å². The molecule has 0 spiro atoms. The van der Waals surface area contributed by atoms with Gasteiger partial charge in [0.05, 0.1) is 6.42 Å². The minimum Gasteiger partial charge on any atom is -0.481 e. The fraction of sp³-hybridized carbons (Fsp3) is 0.333. The van der Waals surface area contributed by atoms with Gasteiger partial charge in [0.1, 0.15) is 5.37 Å². The number of rotatable bonds is 6. The number of aliphatic carboxylic acids is 1. The molecule has 1 aliphatic heterocycles. The number of nitrogens with zero attached hydrogens (tertiary/aromatic N) is 2. The molecule has 0 unspecified atom stereocenters. The second-order valence-electron chi connectivity index (χ2n) is 4.76. The molecule has 1 atom stereocenters. The zero-order chi connectivity index (χ0) is 16.3. The van der Waals surface area contributed by atoms with Gasteiger partial charge in [-0.3, -0.25) is 19.4 Å². The van der Waals surface area contributed by atoms with E-state index in [4.69, 9.17) is 5.11 Å². The van der Waals surface area contributed by atoms with Crippen molar-refractivity contribution >= 4 is 29.4 Å². The number of hydrogen-bond donors (Lipinski definition) is 1. The van der Waals surface area contributed by atoms with E-state index in [0.717, 1.165) is 0 Å². The Bertz CT molecular complexity index is 642. The molecule has 6 nitrogen and oxygen atoms in total. The van der Waals surface area contributed by atoms with Crippen LogP contribution in [0.25, 0.3) is 0 Å². The first-order valence-electron chi connectivity index (χ1n) is 6.75. The van der Waals surface area contributed by atoms with Gasteiger partial charge in [-0.05, 0) is 17.9 Å². The SMILES string of the molecule is CCS[C@@H]1C(C(=O)c2cccnc2)=C(CC(=O)O)C(=O)N1C. The highest BCUT2D eigenvalue weighted by atomic mass is 32.2. The van der Waals surface area contributed by atoms with Crippen LogP contribution in [0, 0.1) is 0 Å². The summed E-state index contributed by atoms with van der Waals surface area (Å²) in [4.78, 5) is 41.4. The van der Waals surface area contributed by atoms with Crippen LogP contribution in [-0.4, -0.2) is 50.8 Å². The van der Waals surface area contributed by atoms with Gasteiger partial charge in [-0.2, -0.15) is 0 Å². The van der Waals surface area contributed by atoms with E-state index in [2.05, 4.69) is 4.98 Å². The first-order valence-corrected chi connectivity index (χ1v) is 7.80. The fourth-order valence-electron chi connectivity index (χ4n) is 2.35. The Kier molecular flexibility index (Phi) is 4.97. The molecule has 7 heteroatoms. The minimum absolute atomic E-state index is 0.0646. The van der Waals surface area contributed by atoms with Crippen molar-refractivity contribution in [3.8, 4) is 0 Å². The van der Waals surface area contributed by atoms with Crippen LogP contribution in [0.2, 0.25) is 0 Å². The molecular weight excluding hydrogens is 304 g/mol. The zero-order valence-electron chi connectivity index (χ0n) is 12.3. The van der Waals surface area contributed by atoms with E-state index in [1.165, 1.54) is 22.9 Å². The molecule has 1 aromatic heterocycles. The molecule has 0 aliphatic carbocycles. The van der Waals surface area contributed by atoms with Gasteiger partial charge in [0, 0.05) is 36.2 Å². The molecule has 116 valence electrons. The molecule has 2 rings (SSSR count). The number of carbonyl (C=O) groups excluding carboxylic acids is 2. The van der Waals surface area contributed by atoms with Gasteiger partial charge in [0.2, 0.25) is 0 Å². The molecule has 22 heavy (non-hydrogen) atoms. The van der Waals surface area contributed by atoms with Crippen LogP contribution in [0.5, 0.6) is 0 Å². The van der Waals surface area contributed by atoms with E-state index in [-0.39, 0.29) is 16.9 Å². The third-order valence-electron chi connectivity index (χ3n) is 3.32. The molecular formula is C15H16N2O4S. The van der Waals surface area contributed by atoms with Crippen molar-refractivity contribution in [3.63, 3.8) is 0 Å². The van der Waals surface area contributed by atoms with Gasteiger partial charge in [-0.25, -0.2) is 0 Å². The Morgan fingerprint density at radius 2 is 2.18 bits per heavy atom. The number of carboxylic acid groups (broad SMARTS) is 1. The van der Waals surface area contributed by atoms with Crippen LogP contribution >= 0.6 is 11.8 Å². The Labute approximate surface area is 132 Å². The summed E-state index contributed by atoms with van der Waals surface area (Å²) in [5.41, 5.74) is 0.676. The summed E-state index contributed by atoms with van der Waals surface area (Å²) < 4.78 is 0. The Hall–Kier alpha value is -2.15. The highest BCUT2D eigenvalue weighted by Gasteiger charge is 2.41. The van der Waals surface area contributed by atoms with Crippen molar-refractivity contribution in [3.05, 3.63) is 41.2 Å². The van der Waals surface area contributed by atoms with Gasteiger partial charge in [0.25, 0.3) is 5.91 Å². The summed E-state index contributed by atoms with van der Waals surface area (Å²) in [6.07, 6.45) is 2.52. The quantitative estimate of drug-likeness (QED) is 0.801. The Balaban J connectivity index is 2.51. The van der Waals surface area contributed by atoms with Crippen molar-refractivity contribution in [1.82, 2.24) is 9.88 Å². The summed E-state index contributed by atoms with van der Waals surface area (Å²) in [6, 6.07) is 3.24. The Morgan fingerprint density at radius 1 is 1.45 bits per heavy atom. The maximum Gasteiger partial charge on any atom is 0.308 e. The first kappa shape index (κ1) is 16.2. The second-order valence-corrected chi connectivity index (χ2v) is 6.11. The number of hydrogen-bond acceptors (Lipinski definition) is 5. The van der Waals surface area contributed by atoms with Gasteiger partial charge >= 0.3 is 5.97 Å². The van der Waals surface area contributed by atoms with Gasteiger partial charge in [-0.1, -0.05) is 6.92 Å². The maximum absolute atomic E-state index is 12.7. The smallest absolute Gasteiger partial charge is 0.308 e. The van der Waals surface area contributed by atoms with E-state index in [0.29, 0.717) is 11.3 Å². The summed E-state index contributed by atoms with van der Waals surface area (Å²) in [5.74, 6) is -1.17. The molecule has 2 heterocycles. The van der Waals surface area contributed by atoms with E-state index in [9.17, 15) is 14.4 Å². The van der Waals surface area contributed by atoms with Crippen LogP contribution in [0.1, 0.15) is 23.7 Å². The molecule has 1 aromatic rings. The van der Waals surface area contributed by atoms with Crippen LogP contribution < -0.4 is 0 Å². The van der Waals surface area contributed by atoms with Crippen molar-refractivity contribution in [2.24, 2.45) is 0 Å². The zero-order valence-corrected chi connectivity index (χ0v) is 13.1. The molecule has 0 aromatic carbocycles. The number of carboxylic acids is 1. The van der Waals surface area contributed by atoms with Crippen LogP contribution in [-0.2, 0) is 9.59 Å². The third kappa shape index (κ3) is 3.04. The van der Waals surface area contributed by atoms with Crippen LogP contribution in [0.15, 0.2) is 35.7 Å². The molecule has 0 saturated carbocycles. The van der Waals surface area contributed by atoms with Crippen molar-refractivity contribution in [2.45, 2.75) is 18.7 Å². The van der Waals surface area contributed by atoms with Crippen molar-refractivity contribution < 1.29 is 19.5 Å². The lowest BCUT2D eigenvalue weighted by atomic mass is 9.99. The molecule has 1 amide bonds. The lowest BCUT2D eigenvalue weighted by Crippen LogP contribution is -2.31. The highest BCUT2D eigenvalue weighted by Crippen LogP contribution is 2.35. The van der Waals surface area contributed by atoms with Gasteiger partial charge < -0.3 is 10.0 Å². The molecule has 0 fully saturated rings. The monoisotopic (exact) mass is 320 g/mol. The number of thioether (sulfide) groups is 1. The number of amides is 1. The predicted octanol–water partition coefficient (Wildman–Crippen LogP) is 1.59. The number of aromatic nitrogens is 1. The molecule has 0 radical (unpaired) electrons. The molecule has 0 saturated heterocycles. The van der Waals surface area contributed by atoms with Gasteiger partial charge in [-0.15, -0.1) is 11.8 Å². The normalized spacial score (nSPS) is 18.0. The first-order chi connectivity index (χ1) is 10.5. The van der Waals surface area contributed by atoms with Gasteiger partial charge in [0.15, 0.2) is 5.78 Å². The summed E-state index contributed by atoms with van der Waals surface area (Å²) in [7, 11) is 1.58. The van der Waals surface area contributed by atoms with Crippen LogP contribution in [0.4, 0.5) is 0 Å². The topological polar surface area (TPSA) is 87.6 Å². The molecule has 1 aliphatic rings. The lowest BCUT2D eigenvalue weighted by molar-refractivity contribution is -0.137. The number of likely N-dealkylation sites (N-methyl/N-ethyl adjacent to an activating group) is 1. The Morgan fingerprint density at radius 3 is 2.73 bits per heavy atom. The highest BCUT2D eigenvalue weighted by molar-refractivity contribution is 8.00. The number of pyridine rings is 1. The average molecular weight is 320 g/mol. The van der Waals surface area contributed by atoms with E-state index in [1.54, 1.807) is 25.4 Å². The lowest BCUT2D eigenvalue weighted by Gasteiger charge is -2.21. The summed E-state index contributed by atoms with van der Waals surface area (Å²) in [6.45, 7) is 1.92. The summed E-state index contributed by atoms with van der Waals surface area (Å²) in [5, 5.41) is 8.57. The number of Topliss-reactive ketones (excluding diaryl/α,β-unsaturated/α-hetero) is 1. The largest absolute Gasteiger partial charge is 0.481 e. The second kappa shape index (κ2) is 6.74. The average Bonchev–Trinajstić information content (AvgIpc) is 2.72. The van der Waals surface area contributed by atoms with E-state index >= 15 is 0 Å². The number of ketones is 1. The predicted molar refractivity (Wildman–Crippen MR) is 82.5 cm³/mol. The maximum atomic E-state index is 12.7. The summed E-state index contributed by atoms with van der Waals surface area (Å²) >= 11 is 1.43. The number of carbonyl (C=O) groups is 3. The standard InChI is InChI=1S/C15H16N2O4S/c1-3-22-15-12(13(20)9-5-4-6-16-8-9)10(7-11(18)19)14(21)17(15)2/h4-6,8,15H,3,7H2,1-2H3,(H,18,19)/t15-/m1/s1. The van der Waals surface area contributed by atoms with E-state index in [1.807, 2.05) is 6.92 Å². The van der Waals surface area contributed by atoms with Crippen molar-refractivity contribution in [1.29, 1.82) is 0 Å². The third-order valence-corrected chi connectivity index (χ3v) is 4.52. The van der Waals surface area contributed by atoms with E-state index < -0.39 is 23.7 Å². The van der Waals surface area contributed by atoms with Crippen LogP contribution in [0.3, 0.4) is 0 Å².